The summed E-state index contributed by atoms with van der Waals surface area (Å²) in [7, 11) is 0. The first-order valence-corrected chi connectivity index (χ1v) is 12.0. The fraction of sp³-hybridized carbons (Fsp3) is 0.259. The predicted octanol–water partition coefficient (Wildman–Crippen LogP) is 5.79. The molecule has 1 aliphatic heterocycles. The van der Waals surface area contributed by atoms with Crippen LogP contribution in [0.1, 0.15) is 54.3 Å². The molecule has 4 aromatic rings. The molecule has 1 amide bonds. The molecule has 2 atom stereocenters. The number of aromatic nitrogens is 1. The van der Waals surface area contributed by atoms with Crippen molar-refractivity contribution in [1.82, 2.24) is 4.98 Å². The van der Waals surface area contributed by atoms with Gasteiger partial charge in [-0.25, -0.2) is 9.37 Å². The number of Topliss-reactive ketones (excluding diaryl/α,β-unsaturated/α-hetero) is 2. The van der Waals surface area contributed by atoms with Gasteiger partial charge in [-0.1, -0.05) is 56.4 Å². The number of halogens is 1. The lowest BCUT2D eigenvalue weighted by Gasteiger charge is -2.26. The normalized spacial score (nSPS) is 18.6. The summed E-state index contributed by atoms with van der Waals surface area (Å²) in [4.78, 5) is 45.8. The fourth-order valence-electron chi connectivity index (χ4n) is 4.37. The van der Waals surface area contributed by atoms with Gasteiger partial charge in [-0.2, -0.15) is 0 Å². The van der Waals surface area contributed by atoms with E-state index in [2.05, 4.69) is 25.8 Å². The quantitative estimate of drug-likeness (QED) is 0.205. The number of thiazole rings is 1. The van der Waals surface area contributed by atoms with Crippen molar-refractivity contribution in [1.29, 1.82) is 0 Å². The van der Waals surface area contributed by atoms with Crippen LogP contribution in [0.3, 0.4) is 0 Å². The van der Waals surface area contributed by atoms with Crippen molar-refractivity contribution in [3.05, 3.63) is 83.1 Å². The molecule has 2 aromatic heterocycles. The maximum absolute atomic E-state index is 13.8. The summed E-state index contributed by atoms with van der Waals surface area (Å²) in [6.07, 6.45) is 0. The Morgan fingerprint density at radius 3 is 2.40 bits per heavy atom. The van der Waals surface area contributed by atoms with Gasteiger partial charge < -0.3 is 4.42 Å². The molecular weight excluding hydrogens is 467 g/mol. The molecule has 1 saturated heterocycles. The molecule has 0 bridgehead atoms. The number of carbonyl (C=O) groups excluding carboxylic acids is 3. The van der Waals surface area contributed by atoms with Gasteiger partial charge in [0.15, 0.2) is 10.9 Å². The van der Waals surface area contributed by atoms with Gasteiger partial charge in [0.05, 0.1) is 16.3 Å². The third kappa shape index (κ3) is 3.97. The van der Waals surface area contributed by atoms with Gasteiger partial charge in [0.25, 0.3) is 5.91 Å². The first kappa shape index (κ1) is 23.1. The minimum atomic E-state index is -1.29. The molecule has 178 valence electrons. The molecule has 1 fully saturated rings. The second-order valence-electron chi connectivity index (χ2n) is 9.72. The minimum absolute atomic E-state index is 0.0261. The van der Waals surface area contributed by atoms with Gasteiger partial charge in [0.2, 0.25) is 11.6 Å². The van der Waals surface area contributed by atoms with E-state index in [9.17, 15) is 18.8 Å². The van der Waals surface area contributed by atoms with Crippen LogP contribution < -0.4 is 4.90 Å². The van der Waals surface area contributed by atoms with E-state index in [0.717, 1.165) is 16.9 Å². The van der Waals surface area contributed by atoms with Crippen LogP contribution in [0, 0.1) is 18.7 Å². The zero-order valence-electron chi connectivity index (χ0n) is 19.7. The fourth-order valence-corrected chi connectivity index (χ4v) is 5.40. The van der Waals surface area contributed by atoms with Crippen LogP contribution >= 0.6 is 11.3 Å². The number of benzene rings is 2. The van der Waals surface area contributed by atoms with E-state index in [0.29, 0.717) is 21.5 Å². The highest BCUT2D eigenvalue weighted by atomic mass is 32.1. The average molecular weight is 491 g/mol. The van der Waals surface area contributed by atoms with Crippen molar-refractivity contribution in [3.8, 4) is 0 Å². The minimum Gasteiger partial charge on any atom is -0.458 e. The molecule has 35 heavy (non-hydrogen) atoms. The number of furan rings is 1. The van der Waals surface area contributed by atoms with Gasteiger partial charge in [0, 0.05) is 0 Å². The molecular formula is C27H23FN2O4S. The average Bonchev–Trinajstić information content (AvgIpc) is 3.49. The van der Waals surface area contributed by atoms with Gasteiger partial charge in [0.1, 0.15) is 17.5 Å². The zero-order chi connectivity index (χ0) is 25.1. The Bertz CT molecular complexity index is 1480. The number of hydrogen-bond donors (Lipinski definition) is 0. The standard InChI is InChI=1S/C27H23FN2O4S/c1-14-5-12-19(34-14)23(31)21-22(15-6-8-16(9-7-15)27(2,3)4)30(25(33)24(21)32)26-29-18-11-10-17(28)13-20(18)35-26/h5-13,21-22H,1-4H3. The molecule has 0 spiro atoms. The SMILES string of the molecule is Cc1ccc(C(=O)C2C(=O)C(=O)N(c3nc4ccc(F)cc4s3)C2c2ccc(C(C)(C)C)cc2)o1. The highest BCUT2D eigenvalue weighted by Gasteiger charge is 2.54. The van der Waals surface area contributed by atoms with Crippen molar-refractivity contribution in [2.45, 2.75) is 39.2 Å². The van der Waals surface area contributed by atoms with Gasteiger partial charge in [-0.05, 0) is 53.8 Å². The van der Waals surface area contributed by atoms with E-state index in [1.165, 1.54) is 29.2 Å². The second kappa shape index (κ2) is 8.23. The third-order valence-corrected chi connectivity index (χ3v) is 7.25. The Kier molecular flexibility index (Phi) is 5.44. The van der Waals surface area contributed by atoms with E-state index < -0.39 is 35.3 Å². The van der Waals surface area contributed by atoms with Crippen LogP contribution in [-0.2, 0) is 15.0 Å². The Balaban J connectivity index is 1.66. The molecule has 8 heteroatoms. The molecule has 0 N–H and O–H groups in total. The van der Waals surface area contributed by atoms with Crippen molar-refractivity contribution in [2.24, 2.45) is 5.92 Å². The molecule has 5 rings (SSSR count). The number of aryl methyl sites for hydroxylation is 1. The van der Waals surface area contributed by atoms with Crippen LogP contribution in [0.5, 0.6) is 0 Å². The van der Waals surface area contributed by atoms with E-state index >= 15 is 0 Å². The van der Waals surface area contributed by atoms with Crippen LogP contribution in [0.2, 0.25) is 0 Å². The zero-order valence-corrected chi connectivity index (χ0v) is 20.5. The van der Waals surface area contributed by atoms with E-state index in [1.807, 2.05) is 24.3 Å². The third-order valence-electron chi connectivity index (χ3n) is 6.24. The Labute approximate surface area is 205 Å². The van der Waals surface area contributed by atoms with E-state index in [-0.39, 0.29) is 16.3 Å². The first-order valence-electron chi connectivity index (χ1n) is 11.2. The molecule has 6 nitrogen and oxygen atoms in total. The highest BCUT2D eigenvalue weighted by molar-refractivity contribution is 7.22. The molecule has 3 heterocycles. The van der Waals surface area contributed by atoms with Crippen molar-refractivity contribution >= 4 is 44.2 Å². The van der Waals surface area contributed by atoms with Gasteiger partial charge in [-0.3, -0.25) is 19.3 Å². The second-order valence-corrected chi connectivity index (χ2v) is 10.7. The largest absolute Gasteiger partial charge is 0.458 e. The summed E-state index contributed by atoms with van der Waals surface area (Å²) < 4.78 is 19.8. The van der Waals surface area contributed by atoms with E-state index in [4.69, 9.17) is 4.42 Å². The molecule has 1 aliphatic rings. The lowest BCUT2D eigenvalue weighted by Crippen LogP contribution is -2.30. The Morgan fingerprint density at radius 2 is 1.77 bits per heavy atom. The lowest BCUT2D eigenvalue weighted by molar-refractivity contribution is -0.135. The lowest BCUT2D eigenvalue weighted by atomic mass is 9.84. The Morgan fingerprint density at radius 1 is 1.06 bits per heavy atom. The van der Waals surface area contributed by atoms with Crippen molar-refractivity contribution in [2.75, 3.05) is 4.90 Å². The predicted molar refractivity (Wildman–Crippen MR) is 131 cm³/mol. The first-order chi connectivity index (χ1) is 16.5. The summed E-state index contributed by atoms with van der Waals surface area (Å²) >= 11 is 1.10. The summed E-state index contributed by atoms with van der Waals surface area (Å²) in [5, 5.41) is 0.236. The topological polar surface area (TPSA) is 80.5 Å². The van der Waals surface area contributed by atoms with Crippen molar-refractivity contribution in [3.63, 3.8) is 0 Å². The number of fused-ring (bicyclic) bond motifs is 1. The Hall–Kier alpha value is -3.65. The molecule has 0 aliphatic carbocycles. The number of hydrogen-bond acceptors (Lipinski definition) is 6. The summed E-state index contributed by atoms with van der Waals surface area (Å²) in [6, 6.07) is 13.9. The number of carbonyl (C=O) groups is 3. The number of anilines is 1. The van der Waals surface area contributed by atoms with Crippen LogP contribution in [-0.4, -0.2) is 22.5 Å². The monoisotopic (exact) mass is 490 g/mol. The van der Waals surface area contributed by atoms with Crippen LogP contribution in [0.25, 0.3) is 10.2 Å². The molecule has 2 aromatic carbocycles. The summed E-state index contributed by atoms with van der Waals surface area (Å²) in [5.74, 6) is -3.37. The smallest absolute Gasteiger partial charge is 0.297 e. The molecule has 2 unspecified atom stereocenters. The maximum atomic E-state index is 13.8. The van der Waals surface area contributed by atoms with Gasteiger partial charge >= 0.3 is 0 Å². The number of nitrogens with zero attached hydrogens (tertiary/aromatic N) is 2. The molecule has 0 radical (unpaired) electrons. The summed E-state index contributed by atoms with van der Waals surface area (Å²) in [6.45, 7) is 7.96. The van der Waals surface area contributed by atoms with Crippen LogP contribution in [0.4, 0.5) is 9.52 Å². The van der Waals surface area contributed by atoms with Gasteiger partial charge in [-0.15, -0.1) is 0 Å². The molecule has 0 saturated carbocycles. The van der Waals surface area contributed by atoms with E-state index in [1.54, 1.807) is 13.0 Å². The number of amides is 1. The van der Waals surface area contributed by atoms with Crippen LogP contribution in [0.15, 0.2) is 59.0 Å². The summed E-state index contributed by atoms with van der Waals surface area (Å²) in [5.41, 5.74) is 2.11. The number of rotatable bonds is 4. The van der Waals surface area contributed by atoms with Crippen molar-refractivity contribution < 1.29 is 23.2 Å². The number of ketones is 2. The maximum Gasteiger partial charge on any atom is 0.297 e. The highest BCUT2D eigenvalue weighted by Crippen LogP contribution is 2.44.